The number of aromatic nitrogens is 1. The molecule has 0 aliphatic carbocycles. The molecule has 0 saturated heterocycles. The maximum absolute atomic E-state index is 13.7. The Morgan fingerprint density at radius 3 is 2.61 bits per heavy atom. The van der Waals surface area contributed by atoms with Crippen molar-refractivity contribution in [3.63, 3.8) is 0 Å². The van der Waals surface area contributed by atoms with Crippen LogP contribution in [0.25, 0.3) is 10.2 Å². The number of halogens is 1. The molecular weight excluding hydrogens is 542 g/mol. The Labute approximate surface area is 229 Å². The fourth-order valence-corrected chi connectivity index (χ4v) is 7.41. The average Bonchev–Trinajstić information content (AvgIpc) is 3.62. The number of amides is 1. The lowest BCUT2D eigenvalue weighted by Crippen LogP contribution is -2.35. The first-order valence-electron chi connectivity index (χ1n) is 12.0. The van der Waals surface area contributed by atoms with Crippen molar-refractivity contribution in [1.29, 1.82) is 0 Å². The Morgan fingerprint density at radius 1 is 1.03 bits per heavy atom. The van der Waals surface area contributed by atoms with Gasteiger partial charge in [0.2, 0.25) is 0 Å². The Morgan fingerprint density at radius 2 is 1.84 bits per heavy atom. The highest BCUT2D eigenvalue weighted by Gasteiger charge is 2.30. The second-order valence-corrected chi connectivity index (χ2v) is 12.2. The van der Waals surface area contributed by atoms with Gasteiger partial charge >= 0.3 is 0 Å². The largest absolute Gasteiger partial charge is 0.467 e. The summed E-state index contributed by atoms with van der Waals surface area (Å²) in [5.74, 6) is 0.260. The molecule has 10 heteroatoms. The number of para-hydroxylation sites is 2. The normalized spacial score (nSPS) is 13.4. The standard InChI is InChI=1S/C28H22ClN3O4S2/c29-23-9-3-11-25-26(23)30-28(37-25)31(18-21-8-5-17-36-21)27(33)20-12-14-22(15-13-20)38(34,35)32-16-4-7-19-6-1-2-10-24(19)32/h1-3,5-6,8-15,17H,4,7,16,18H2. The Hall–Kier alpha value is -3.66. The number of aryl methyl sites for hydroxylation is 1. The molecule has 0 spiro atoms. The summed E-state index contributed by atoms with van der Waals surface area (Å²) in [7, 11) is -3.78. The van der Waals surface area contributed by atoms with Crippen LogP contribution in [0.5, 0.6) is 0 Å². The molecule has 1 amide bonds. The van der Waals surface area contributed by atoms with Crippen LogP contribution in [-0.2, 0) is 23.0 Å². The second-order valence-electron chi connectivity index (χ2n) is 8.89. The van der Waals surface area contributed by atoms with E-state index >= 15 is 0 Å². The minimum Gasteiger partial charge on any atom is -0.467 e. The predicted molar refractivity (Wildman–Crippen MR) is 150 cm³/mol. The summed E-state index contributed by atoms with van der Waals surface area (Å²) < 4.78 is 34.9. The highest BCUT2D eigenvalue weighted by Crippen LogP contribution is 2.35. The van der Waals surface area contributed by atoms with Gasteiger partial charge in [-0.1, -0.05) is 47.2 Å². The zero-order chi connectivity index (χ0) is 26.3. The van der Waals surface area contributed by atoms with Gasteiger partial charge in [0.05, 0.1) is 33.1 Å². The van der Waals surface area contributed by atoms with Crippen molar-refractivity contribution >= 4 is 59.9 Å². The minimum absolute atomic E-state index is 0.134. The number of thiazole rings is 1. The van der Waals surface area contributed by atoms with Gasteiger partial charge in [0, 0.05) is 12.1 Å². The molecule has 192 valence electrons. The van der Waals surface area contributed by atoms with E-state index in [1.807, 2.05) is 36.4 Å². The fourth-order valence-electron chi connectivity index (χ4n) is 4.60. The third kappa shape index (κ3) is 4.47. The van der Waals surface area contributed by atoms with Crippen LogP contribution in [0.1, 0.15) is 28.1 Å². The van der Waals surface area contributed by atoms with E-state index in [9.17, 15) is 13.2 Å². The molecule has 0 bridgehead atoms. The predicted octanol–water partition coefficient (Wildman–Crippen LogP) is 6.53. The summed E-state index contributed by atoms with van der Waals surface area (Å²) in [5.41, 5.74) is 2.67. The summed E-state index contributed by atoms with van der Waals surface area (Å²) in [6.07, 6.45) is 3.14. The zero-order valence-corrected chi connectivity index (χ0v) is 22.5. The number of hydrogen-bond acceptors (Lipinski definition) is 6. The van der Waals surface area contributed by atoms with Crippen molar-refractivity contribution in [1.82, 2.24) is 4.98 Å². The van der Waals surface area contributed by atoms with E-state index in [2.05, 4.69) is 4.98 Å². The highest BCUT2D eigenvalue weighted by atomic mass is 35.5. The molecule has 2 aromatic heterocycles. The maximum Gasteiger partial charge on any atom is 0.264 e. The minimum atomic E-state index is -3.78. The van der Waals surface area contributed by atoms with Gasteiger partial charge in [-0.3, -0.25) is 14.0 Å². The van der Waals surface area contributed by atoms with E-state index < -0.39 is 10.0 Å². The molecule has 0 radical (unpaired) electrons. The van der Waals surface area contributed by atoms with Crippen molar-refractivity contribution in [3.05, 3.63) is 107 Å². The van der Waals surface area contributed by atoms with E-state index in [0.29, 0.717) is 39.2 Å². The number of hydrogen-bond donors (Lipinski definition) is 0. The summed E-state index contributed by atoms with van der Waals surface area (Å²) in [4.78, 5) is 20.0. The van der Waals surface area contributed by atoms with Gasteiger partial charge in [-0.2, -0.15) is 0 Å². The van der Waals surface area contributed by atoms with Gasteiger partial charge in [0.15, 0.2) is 5.13 Å². The van der Waals surface area contributed by atoms with E-state index in [1.54, 1.807) is 36.6 Å². The Bertz CT molecular complexity index is 1730. The van der Waals surface area contributed by atoms with Crippen molar-refractivity contribution in [2.24, 2.45) is 0 Å². The lowest BCUT2D eigenvalue weighted by molar-refractivity contribution is 0.0983. The van der Waals surface area contributed by atoms with Crippen LogP contribution < -0.4 is 9.21 Å². The molecule has 3 heterocycles. The molecular formula is C28H22ClN3O4S2. The van der Waals surface area contributed by atoms with Crippen LogP contribution in [0, 0.1) is 0 Å². The number of carbonyl (C=O) groups is 1. The number of anilines is 2. The number of fused-ring (bicyclic) bond motifs is 2. The van der Waals surface area contributed by atoms with Crippen molar-refractivity contribution in [2.75, 3.05) is 15.7 Å². The Balaban J connectivity index is 1.33. The number of furan rings is 1. The summed E-state index contributed by atoms with van der Waals surface area (Å²) in [6, 6.07) is 22.6. The maximum atomic E-state index is 13.7. The summed E-state index contributed by atoms with van der Waals surface area (Å²) in [5, 5.41) is 0.973. The molecule has 0 unspecified atom stereocenters. The van der Waals surface area contributed by atoms with Crippen LogP contribution in [0.15, 0.2) is 94.4 Å². The molecule has 6 rings (SSSR count). The topological polar surface area (TPSA) is 83.7 Å². The van der Waals surface area contributed by atoms with Gasteiger partial charge in [-0.05, 0) is 73.0 Å². The molecule has 0 fully saturated rings. The summed E-state index contributed by atoms with van der Waals surface area (Å²) in [6.45, 7) is 0.574. The molecule has 0 atom stereocenters. The second kappa shape index (κ2) is 9.90. The number of rotatable bonds is 6. The number of nitrogens with zero attached hydrogens (tertiary/aromatic N) is 3. The lowest BCUT2D eigenvalue weighted by Gasteiger charge is -2.30. The molecule has 1 aliphatic heterocycles. The first kappa shape index (κ1) is 24.7. The van der Waals surface area contributed by atoms with Crippen molar-refractivity contribution < 1.29 is 17.6 Å². The van der Waals surface area contributed by atoms with Gasteiger partial charge < -0.3 is 4.42 Å². The molecule has 0 N–H and O–H groups in total. The summed E-state index contributed by atoms with van der Waals surface area (Å²) >= 11 is 7.68. The molecule has 0 saturated carbocycles. The third-order valence-electron chi connectivity index (χ3n) is 6.49. The van der Waals surface area contributed by atoms with Crippen LogP contribution >= 0.6 is 22.9 Å². The average molecular weight is 564 g/mol. The highest BCUT2D eigenvalue weighted by molar-refractivity contribution is 7.92. The number of carbonyl (C=O) groups excluding carboxylic acids is 1. The van der Waals surface area contributed by atoms with Crippen LogP contribution in [-0.4, -0.2) is 25.9 Å². The van der Waals surface area contributed by atoms with E-state index in [4.69, 9.17) is 16.0 Å². The lowest BCUT2D eigenvalue weighted by atomic mass is 10.0. The SMILES string of the molecule is O=C(c1ccc(S(=O)(=O)N2CCCc3ccccc32)cc1)N(Cc1ccco1)c1nc2c(Cl)cccc2s1. The number of sulfonamides is 1. The molecule has 5 aromatic rings. The van der Waals surface area contributed by atoms with Crippen LogP contribution in [0.3, 0.4) is 0 Å². The smallest absolute Gasteiger partial charge is 0.264 e. The molecule has 7 nitrogen and oxygen atoms in total. The van der Waals surface area contributed by atoms with E-state index in [0.717, 1.165) is 23.1 Å². The first-order valence-corrected chi connectivity index (χ1v) is 14.7. The van der Waals surface area contributed by atoms with Crippen molar-refractivity contribution in [3.8, 4) is 0 Å². The van der Waals surface area contributed by atoms with Gasteiger partial charge in [-0.15, -0.1) is 0 Å². The van der Waals surface area contributed by atoms with Gasteiger partial charge in [-0.25, -0.2) is 13.4 Å². The van der Waals surface area contributed by atoms with E-state index in [-0.39, 0.29) is 17.3 Å². The van der Waals surface area contributed by atoms with Gasteiger partial charge in [0.1, 0.15) is 11.3 Å². The molecule has 1 aliphatic rings. The monoisotopic (exact) mass is 563 g/mol. The Kier molecular flexibility index (Phi) is 6.43. The molecule has 38 heavy (non-hydrogen) atoms. The van der Waals surface area contributed by atoms with Crippen LogP contribution in [0.2, 0.25) is 5.02 Å². The fraction of sp³-hybridized carbons (Fsp3) is 0.143. The zero-order valence-electron chi connectivity index (χ0n) is 20.1. The number of benzene rings is 3. The van der Waals surface area contributed by atoms with Crippen LogP contribution in [0.4, 0.5) is 10.8 Å². The quantitative estimate of drug-likeness (QED) is 0.234. The first-order chi connectivity index (χ1) is 18.4. The third-order valence-corrected chi connectivity index (χ3v) is 9.66. The van der Waals surface area contributed by atoms with Crippen molar-refractivity contribution in [2.45, 2.75) is 24.3 Å². The van der Waals surface area contributed by atoms with E-state index in [1.165, 1.54) is 32.7 Å². The molecule has 3 aromatic carbocycles. The van der Waals surface area contributed by atoms with Gasteiger partial charge in [0.25, 0.3) is 15.9 Å².